The summed E-state index contributed by atoms with van der Waals surface area (Å²) in [6.45, 7) is 4.82. The van der Waals surface area contributed by atoms with Crippen molar-refractivity contribution in [2.45, 2.75) is 26.2 Å². The van der Waals surface area contributed by atoms with Crippen LogP contribution >= 0.6 is 0 Å². The number of furan rings is 1. The lowest BCUT2D eigenvalue weighted by Crippen LogP contribution is -2.15. The Morgan fingerprint density at radius 1 is 1.41 bits per heavy atom. The van der Waals surface area contributed by atoms with Crippen molar-refractivity contribution in [1.82, 2.24) is 10.1 Å². The van der Waals surface area contributed by atoms with Crippen molar-refractivity contribution in [2.75, 3.05) is 6.54 Å². The van der Waals surface area contributed by atoms with Crippen molar-refractivity contribution in [3.63, 3.8) is 0 Å². The molecule has 2 N–H and O–H groups in total. The van der Waals surface area contributed by atoms with Gasteiger partial charge in [-0.25, -0.2) is 0 Å². The summed E-state index contributed by atoms with van der Waals surface area (Å²) in [5.41, 5.74) is 6.55. The van der Waals surface area contributed by atoms with E-state index in [1.807, 2.05) is 0 Å². The molecule has 2 rings (SSSR count). The van der Waals surface area contributed by atoms with E-state index in [-0.39, 0.29) is 5.92 Å². The molecule has 0 aliphatic rings. The standard InChI is InChI=1S/C12H17N3O2/c1-8(2)5-10(6-13)12-14-11(15-17-12)9-3-4-16-7-9/h3-4,7-8,10H,5-6,13H2,1-2H3. The first-order valence-corrected chi connectivity index (χ1v) is 5.77. The van der Waals surface area contributed by atoms with Gasteiger partial charge in [-0.05, 0) is 18.4 Å². The first-order chi connectivity index (χ1) is 8.20. The van der Waals surface area contributed by atoms with Crippen molar-refractivity contribution in [3.8, 4) is 11.4 Å². The molecular weight excluding hydrogens is 218 g/mol. The van der Waals surface area contributed by atoms with Gasteiger partial charge in [0.15, 0.2) is 0 Å². The van der Waals surface area contributed by atoms with Gasteiger partial charge in [-0.15, -0.1) is 0 Å². The molecule has 0 aliphatic heterocycles. The molecular formula is C12H17N3O2. The Labute approximate surface area is 100.0 Å². The summed E-state index contributed by atoms with van der Waals surface area (Å²) in [4.78, 5) is 4.36. The largest absolute Gasteiger partial charge is 0.472 e. The highest BCUT2D eigenvalue weighted by Gasteiger charge is 2.19. The van der Waals surface area contributed by atoms with E-state index in [0.717, 1.165) is 12.0 Å². The molecule has 0 aromatic carbocycles. The monoisotopic (exact) mass is 235 g/mol. The molecule has 0 amide bonds. The molecule has 5 nitrogen and oxygen atoms in total. The summed E-state index contributed by atoms with van der Waals surface area (Å²) in [5.74, 6) is 1.84. The topological polar surface area (TPSA) is 78.1 Å². The van der Waals surface area contributed by atoms with E-state index in [9.17, 15) is 0 Å². The van der Waals surface area contributed by atoms with Crippen molar-refractivity contribution in [1.29, 1.82) is 0 Å². The van der Waals surface area contributed by atoms with Gasteiger partial charge < -0.3 is 14.7 Å². The minimum absolute atomic E-state index is 0.128. The van der Waals surface area contributed by atoms with Crippen LogP contribution in [-0.2, 0) is 0 Å². The number of nitrogens with zero attached hydrogens (tertiary/aromatic N) is 2. The quantitative estimate of drug-likeness (QED) is 0.861. The third-order valence-electron chi connectivity index (χ3n) is 2.61. The van der Waals surface area contributed by atoms with Gasteiger partial charge in [-0.3, -0.25) is 0 Å². The summed E-state index contributed by atoms with van der Waals surface area (Å²) in [6, 6.07) is 1.80. The molecule has 92 valence electrons. The van der Waals surface area contributed by atoms with Crippen molar-refractivity contribution < 1.29 is 8.94 Å². The van der Waals surface area contributed by atoms with Crippen LogP contribution in [-0.4, -0.2) is 16.7 Å². The summed E-state index contributed by atoms with van der Waals surface area (Å²) in [7, 11) is 0. The second kappa shape index (κ2) is 5.14. The van der Waals surface area contributed by atoms with Gasteiger partial charge in [0.2, 0.25) is 11.7 Å². The Kier molecular flexibility index (Phi) is 3.58. The van der Waals surface area contributed by atoms with Crippen LogP contribution in [0.4, 0.5) is 0 Å². The maximum absolute atomic E-state index is 5.73. The lowest BCUT2D eigenvalue weighted by Gasteiger charge is -2.11. The van der Waals surface area contributed by atoms with Gasteiger partial charge in [0.1, 0.15) is 6.26 Å². The molecule has 0 radical (unpaired) electrons. The van der Waals surface area contributed by atoms with Crippen LogP contribution in [0, 0.1) is 5.92 Å². The van der Waals surface area contributed by atoms with Crippen molar-refractivity contribution >= 4 is 0 Å². The number of aromatic nitrogens is 2. The molecule has 0 saturated heterocycles. The van der Waals surface area contributed by atoms with E-state index in [2.05, 4.69) is 24.0 Å². The van der Waals surface area contributed by atoms with Gasteiger partial charge in [0.25, 0.3) is 0 Å². The lowest BCUT2D eigenvalue weighted by molar-refractivity contribution is 0.335. The molecule has 0 saturated carbocycles. The van der Waals surface area contributed by atoms with Crippen LogP contribution in [0.15, 0.2) is 27.5 Å². The van der Waals surface area contributed by atoms with Gasteiger partial charge in [-0.2, -0.15) is 4.98 Å². The molecule has 2 aromatic rings. The van der Waals surface area contributed by atoms with Crippen LogP contribution in [0.25, 0.3) is 11.4 Å². The number of hydrogen-bond donors (Lipinski definition) is 1. The van der Waals surface area contributed by atoms with Crippen molar-refractivity contribution in [2.24, 2.45) is 11.7 Å². The first kappa shape index (κ1) is 11.9. The zero-order valence-electron chi connectivity index (χ0n) is 10.1. The molecule has 0 bridgehead atoms. The minimum atomic E-state index is 0.128. The highest BCUT2D eigenvalue weighted by Crippen LogP contribution is 2.24. The van der Waals surface area contributed by atoms with Crippen LogP contribution in [0.5, 0.6) is 0 Å². The Bertz CT molecular complexity index is 448. The summed E-state index contributed by atoms with van der Waals surface area (Å²) in [6.07, 6.45) is 4.12. The SMILES string of the molecule is CC(C)CC(CN)c1nc(-c2ccoc2)no1. The molecule has 2 heterocycles. The summed E-state index contributed by atoms with van der Waals surface area (Å²) < 4.78 is 10.2. The molecule has 17 heavy (non-hydrogen) atoms. The number of rotatable bonds is 5. The highest BCUT2D eigenvalue weighted by atomic mass is 16.5. The summed E-state index contributed by atoms with van der Waals surface area (Å²) >= 11 is 0. The van der Waals surface area contributed by atoms with Crippen LogP contribution in [0.1, 0.15) is 32.1 Å². The smallest absolute Gasteiger partial charge is 0.231 e. The van der Waals surface area contributed by atoms with Crippen molar-refractivity contribution in [3.05, 3.63) is 24.5 Å². The second-order valence-electron chi connectivity index (χ2n) is 4.53. The number of hydrogen-bond acceptors (Lipinski definition) is 5. The Balaban J connectivity index is 2.16. The third kappa shape index (κ3) is 2.74. The van der Waals surface area contributed by atoms with Gasteiger partial charge >= 0.3 is 0 Å². The zero-order chi connectivity index (χ0) is 12.3. The van der Waals surface area contributed by atoms with E-state index >= 15 is 0 Å². The van der Waals surface area contributed by atoms with E-state index in [1.54, 1.807) is 18.6 Å². The van der Waals surface area contributed by atoms with Crippen LogP contribution in [0.3, 0.4) is 0 Å². The molecule has 5 heteroatoms. The van der Waals surface area contributed by atoms with E-state index < -0.39 is 0 Å². The predicted octanol–water partition coefficient (Wildman–Crippen LogP) is 2.42. The molecule has 0 spiro atoms. The lowest BCUT2D eigenvalue weighted by atomic mass is 9.97. The van der Waals surface area contributed by atoms with E-state index in [0.29, 0.717) is 24.2 Å². The Morgan fingerprint density at radius 2 is 2.24 bits per heavy atom. The predicted molar refractivity (Wildman–Crippen MR) is 63.3 cm³/mol. The second-order valence-corrected chi connectivity index (χ2v) is 4.53. The fourth-order valence-corrected chi connectivity index (χ4v) is 1.78. The fraction of sp³-hybridized carbons (Fsp3) is 0.500. The normalized spacial score (nSPS) is 13.2. The molecule has 0 fully saturated rings. The van der Waals surface area contributed by atoms with Crippen LogP contribution < -0.4 is 5.73 Å². The van der Waals surface area contributed by atoms with E-state index in [1.165, 1.54) is 0 Å². The average molecular weight is 235 g/mol. The van der Waals surface area contributed by atoms with E-state index in [4.69, 9.17) is 14.7 Å². The molecule has 0 aliphatic carbocycles. The molecule has 1 atom stereocenters. The maximum atomic E-state index is 5.73. The minimum Gasteiger partial charge on any atom is -0.472 e. The number of nitrogens with two attached hydrogens (primary N) is 1. The fourth-order valence-electron chi connectivity index (χ4n) is 1.78. The Hall–Kier alpha value is -1.62. The average Bonchev–Trinajstić information content (AvgIpc) is 2.95. The van der Waals surface area contributed by atoms with Gasteiger partial charge in [0.05, 0.1) is 17.7 Å². The molecule has 1 unspecified atom stereocenters. The zero-order valence-corrected chi connectivity index (χ0v) is 10.1. The molecule has 2 aromatic heterocycles. The maximum Gasteiger partial charge on any atom is 0.231 e. The third-order valence-corrected chi connectivity index (χ3v) is 2.61. The highest BCUT2D eigenvalue weighted by molar-refractivity contribution is 5.51. The van der Waals surface area contributed by atoms with Gasteiger partial charge in [0, 0.05) is 6.54 Å². The summed E-state index contributed by atoms with van der Waals surface area (Å²) in [5, 5.41) is 3.93. The Morgan fingerprint density at radius 3 is 2.82 bits per heavy atom. The van der Waals surface area contributed by atoms with Crippen LogP contribution in [0.2, 0.25) is 0 Å². The first-order valence-electron chi connectivity index (χ1n) is 5.77. The van der Waals surface area contributed by atoms with Gasteiger partial charge in [-0.1, -0.05) is 19.0 Å².